The van der Waals surface area contributed by atoms with Crippen LogP contribution in [0.2, 0.25) is 0 Å². The maximum atomic E-state index is 13.1. The first kappa shape index (κ1) is 81.8. The predicted molar refractivity (Wildman–Crippen MR) is 377 cm³/mol. The molecule has 1 fully saturated rings. The second-order valence-electron chi connectivity index (χ2n) is 23.9. The molecule has 1 saturated heterocycles. The van der Waals surface area contributed by atoms with E-state index < -0.39 is 49.5 Å². The third kappa shape index (κ3) is 53.6. The van der Waals surface area contributed by atoms with Crippen LogP contribution in [0.5, 0.6) is 0 Å². The summed E-state index contributed by atoms with van der Waals surface area (Å²) in [6.45, 7) is 3.65. The third-order valence-corrected chi connectivity index (χ3v) is 15.8. The van der Waals surface area contributed by atoms with Crippen LogP contribution in [-0.2, 0) is 14.3 Å². The van der Waals surface area contributed by atoms with Gasteiger partial charge in [-0.05, 0) is 122 Å². The first-order chi connectivity index (χ1) is 43.3. The molecular formula is C79H131NO8. The fourth-order valence-electron chi connectivity index (χ4n) is 10.3. The summed E-state index contributed by atoms with van der Waals surface area (Å²) >= 11 is 0. The Morgan fingerprint density at radius 1 is 0.398 bits per heavy atom. The van der Waals surface area contributed by atoms with Crippen molar-refractivity contribution in [1.82, 2.24) is 5.32 Å². The summed E-state index contributed by atoms with van der Waals surface area (Å²) in [5, 5.41) is 54.7. The van der Waals surface area contributed by atoms with Crippen LogP contribution in [0.4, 0.5) is 0 Å². The molecule has 1 aliphatic heterocycles. The highest BCUT2D eigenvalue weighted by Gasteiger charge is 2.44. The number of allylic oxidation sites excluding steroid dienone is 25. The molecule has 0 bridgehead atoms. The van der Waals surface area contributed by atoms with E-state index >= 15 is 0 Å². The average molecular weight is 1220 g/mol. The van der Waals surface area contributed by atoms with Crippen molar-refractivity contribution >= 4 is 5.91 Å². The van der Waals surface area contributed by atoms with Crippen molar-refractivity contribution in [3.8, 4) is 0 Å². The van der Waals surface area contributed by atoms with E-state index in [-0.39, 0.29) is 12.5 Å². The topological polar surface area (TPSA) is 149 Å². The molecule has 0 aromatic heterocycles. The molecule has 1 rings (SSSR count). The lowest BCUT2D eigenvalue weighted by molar-refractivity contribution is -0.302. The van der Waals surface area contributed by atoms with Gasteiger partial charge in [0.2, 0.25) is 5.91 Å². The average Bonchev–Trinajstić information content (AvgIpc) is 3.65. The van der Waals surface area contributed by atoms with Gasteiger partial charge in [0.1, 0.15) is 24.4 Å². The lowest BCUT2D eigenvalue weighted by Crippen LogP contribution is -2.60. The van der Waals surface area contributed by atoms with Crippen molar-refractivity contribution < 1.29 is 39.8 Å². The van der Waals surface area contributed by atoms with E-state index in [1.54, 1.807) is 6.08 Å². The molecule has 9 nitrogen and oxygen atoms in total. The van der Waals surface area contributed by atoms with Crippen LogP contribution in [0.1, 0.15) is 277 Å². The number of unbranched alkanes of at least 4 members (excludes halogenated alkanes) is 26. The van der Waals surface area contributed by atoms with E-state index in [2.05, 4.69) is 165 Å². The fraction of sp³-hybridized carbons (Fsp3) is 0.658. The molecule has 0 saturated carbocycles. The molecule has 1 amide bonds. The molecule has 7 atom stereocenters. The summed E-state index contributed by atoms with van der Waals surface area (Å²) < 4.78 is 11.3. The fourth-order valence-corrected chi connectivity index (χ4v) is 10.3. The molecule has 500 valence electrons. The van der Waals surface area contributed by atoms with Crippen molar-refractivity contribution in [3.63, 3.8) is 0 Å². The van der Waals surface area contributed by atoms with E-state index in [4.69, 9.17) is 9.47 Å². The molecule has 1 aliphatic rings. The molecule has 0 aliphatic carbocycles. The number of aliphatic hydroxyl groups excluding tert-OH is 5. The number of aliphatic hydroxyl groups is 5. The van der Waals surface area contributed by atoms with Crippen molar-refractivity contribution in [1.29, 1.82) is 0 Å². The van der Waals surface area contributed by atoms with Gasteiger partial charge in [-0.3, -0.25) is 4.79 Å². The van der Waals surface area contributed by atoms with Crippen LogP contribution in [0, 0.1) is 0 Å². The Hall–Kier alpha value is -4.19. The Morgan fingerprint density at radius 2 is 0.716 bits per heavy atom. The third-order valence-electron chi connectivity index (χ3n) is 15.8. The number of hydrogen-bond donors (Lipinski definition) is 6. The maximum absolute atomic E-state index is 13.1. The summed E-state index contributed by atoms with van der Waals surface area (Å²) in [4.78, 5) is 13.1. The number of ether oxygens (including phenoxy) is 2. The number of carbonyl (C=O) groups excluding carboxylic acids is 1. The van der Waals surface area contributed by atoms with Crippen LogP contribution in [-0.4, -0.2) is 87.5 Å². The highest BCUT2D eigenvalue weighted by molar-refractivity contribution is 5.76. The highest BCUT2D eigenvalue weighted by Crippen LogP contribution is 2.23. The standard InChI is InChI=1S/C79H131NO8/c1-3-5-7-9-11-13-15-17-19-21-23-25-27-29-31-32-33-34-35-36-37-38-39-40-41-42-43-45-47-49-51-53-55-57-59-61-63-65-67-69-75(83)80-72(71-87-79-78(86)77(85)76(84)74(70-81)88-79)73(82)68-66-64-62-60-58-56-54-52-50-48-46-44-30-28-26-24-22-20-18-16-14-12-10-8-6-4-2/h5,7,11,13,17,19,23,25,29,31,33-34,36-37,39-40,42-43,47,49-50,52,58,60,66,68,72-74,76-79,81-82,84-86H,3-4,6,8-10,12,14-16,18,20-22,24,26-28,30,32,35,38,41,44-46,48,51,53-57,59,61-65,67,69-71H2,1-2H3,(H,80,83)/b7-5-,13-11-,19-17-,25-23-,31-29-,34-33-,37-36-,40-39-,43-42-,49-47-,52-50+,60-58+,68-66+. The molecule has 0 spiro atoms. The molecule has 7 unspecified atom stereocenters. The minimum Gasteiger partial charge on any atom is -0.394 e. The van der Waals surface area contributed by atoms with Crippen molar-refractivity contribution in [2.75, 3.05) is 13.2 Å². The van der Waals surface area contributed by atoms with Crippen LogP contribution in [0.25, 0.3) is 0 Å². The zero-order valence-corrected chi connectivity index (χ0v) is 55.9. The van der Waals surface area contributed by atoms with E-state index in [0.29, 0.717) is 6.42 Å². The number of rotatable bonds is 60. The smallest absolute Gasteiger partial charge is 0.220 e. The van der Waals surface area contributed by atoms with Crippen LogP contribution in [0.15, 0.2) is 158 Å². The summed E-state index contributed by atoms with van der Waals surface area (Å²) in [5.41, 5.74) is 0. The Morgan fingerprint density at radius 3 is 1.09 bits per heavy atom. The van der Waals surface area contributed by atoms with Gasteiger partial charge in [-0.15, -0.1) is 0 Å². The van der Waals surface area contributed by atoms with Gasteiger partial charge < -0.3 is 40.3 Å². The minimum absolute atomic E-state index is 0.204. The van der Waals surface area contributed by atoms with Gasteiger partial charge in [-0.2, -0.15) is 0 Å². The summed E-state index contributed by atoms with van der Waals surface area (Å²) in [6.07, 6.45) is 96.3. The van der Waals surface area contributed by atoms with Gasteiger partial charge in [0.05, 0.1) is 25.4 Å². The number of nitrogens with one attached hydrogen (secondary N) is 1. The Kier molecular flexibility index (Phi) is 61.1. The quantitative estimate of drug-likeness (QED) is 0.0261. The first-order valence-electron chi connectivity index (χ1n) is 35.7. The highest BCUT2D eigenvalue weighted by atomic mass is 16.7. The van der Waals surface area contributed by atoms with Crippen molar-refractivity contribution in [2.24, 2.45) is 0 Å². The largest absolute Gasteiger partial charge is 0.394 e. The normalized spacial score (nSPS) is 18.9. The van der Waals surface area contributed by atoms with E-state index in [1.165, 1.54) is 128 Å². The van der Waals surface area contributed by atoms with Gasteiger partial charge in [0.25, 0.3) is 0 Å². The Balaban J connectivity index is 2.20. The van der Waals surface area contributed by atoms with Crippen molar-refractivity contribution in [3.05, 3.63) is 158 Å². The second-order valence-corrected chi connectivity index (χ2v) is 23.9. The Bertz CT molecular complexity index is 1950. The summed E-state index contributed by atoms with van der Waals surface area (Å²) in [7, 11) is 0. The van der Waals surface area contributed by atoms with Gasteiger partial charge in [-0.1, -0.05) is 307 Å². The molecule has 9 heteroatoms. The molecule has 0 radical (unpaired) electrons. The predicted octanol–water partition coefficient (Wildman–Crippen LogP) is 19.9. The molecule has 1 heterocycles. The summed E-state index contributed by atoms with van der Waals surface area (Å²) in [6, 6.07) is -0.846. The van der Waals surface area contributed by atoms with Gasteiger partial charge in [0, 0.05) is 6.42 Å². The lowest BCUT2D eigenvalue weighted by Gasteiger charge is -2.40. The van der Waals surface area contributed by atoms with Gasteiger partial charge in [-0.25, -0.2) is 0 Å². The molecular weight excluding hydrogens is 1090 g/mol. The van der Waals surface area contributed by atoms with Crippen LogP contribution in [0.3, 0.4) is 0 Å². The van der Waals surface area contributed by atoms with Crippen molar-refractivity contribution in [2.45, 2.75) is 320 Å². The second kappa shape index (κ2) is 65.8. The van der Waals surface area contributed by atoms with E-state index in [0.717, 1.165) is 128 Å². The number of amides is 1. The Labute approximate surface area is 539 Å². The molecule has 0 aromatic rings. The SMILES string of the molecule is CC/C=C\C/C=C\C/C=C\C/C=C\C/C=C\C/C=C\C/C=C\C/C=C\C/C=C\C/C=C\CCCCCCCCCCC(=O)NC(COC1OC(CO)C(O)C(O)C1O)C(O)/C=C/CC/C=C/CC/C=C/CCCCCCCCCCCCCCCCCC. The van der Waals surface area contributed by atoms with Gasteiger partial charge in [0.15, 0.2) is 6.29 Å². The molecule has 0 aromatic carbocycles. The first-order valence-corrected chi connectivity index (χ1v) is 35.7. The van der Waals surface area contributed by atoms with Crippen LogP contribution < -0.4 is 5.32 Å². The zero-order chi connectivity index (χ0) is 63.5. The number of carbonyl (C=O) groups is 1. The van der Waals surface area contributed by atoms with E-state index in [9.17, 15) is 30.3 Å². The lowest BCUT2D eigenvalue weighted by atomic mass is 9.99. The molecule has 6 N–H and O–H groups in total. The number of hydrogen-bond acceptors (Lipinski definition) is 8. The van der Waals surface area contributed by atoms with E-state index in [1.807, 2.05) is 6.08 Å². The summed E-state index contributed by atoms with van der Waals surface area (Å²) in [5.74, 6) is -0.204. The minimum atomic E-state index is -1.59. The monoisotopic (exact) mass is 1220 g/mol. The molecule has 88 heavy (non-hydrogen) atoms. The zero-order valence-electron chi connectivity index (χ0n) is 55.9. The van der Waals surface area contributed by atoms with Crippen LogP contribution >= 0.6 is 0 Å². The van der Waals surface area contributed by atoms with Gasteiger partial charge >= 0.3 is 0 Å². The maximum Gasteiger partial charge on any atom is 0.220 e.